The highest BCUT2D eigenvalue weighted by Crippen LogP contribution is 2.35. The van der Waals surface area contributed by atoms with Gasteiger partial charge in [-0.2, -0.15) is 5.10 Å². The molecule has 3 N–H and O–H groups in total. The van der Waals surface area contributed by atoms with Crippen LogP contribution in [0.2, 0.25) is 0 Å². The summed E-state index contributed by atoms with van der Waals surface area (Å²) in [5, 5.41) is 12.1. The van der Waals surface area contributed by atoms with E-state index in [1.807, 2.05) is 37.3 Å². The number of amides is 1. The van der Waals surface area contributed by atoms with Crippen molar-refractivity contribution in [2.24, 2.45) is 0 Å². The molecule has 0 radical (unpaired) electrons. The fourth-order valence-corrected chi connectivity index (χ4v) is 4.45. The molecule has 5 heterocycles. The van der Waals surface area contributed by atoms with Gasteiger partial charge < -0.3 is 10.3 Å². The van der Waals surface area contributed by atoms with Gasteiger partial charge in [0.05, 0.1) is 35.0 Å². The monoisotopic (exact) mass is 491 g/mol. The summed E-state index contributed by atoms with van der Waals surface area (Å²) in [7, 11) is 0. The van der Waals surface area contributed by atoms with Crippen LogP contribution in [-0.2, 0) is 4.79 Å². The lowest BCUT2D eigenvalue weighted by molar-refractivity contribution is -0.116. The first-order chi connectivity index (χ1) is 18.1. The van der Waals surface area contributed by atoms with Gasteiger partial charge in [-0.1, -0.05) is 25.1 Å². The van der Waals surface area contributed by atoms with Crippen LogP contribution in [-0.4, -0.2) is 36.0 Å². The first kappa shape index (κ1) is 22.5. The molecule has 0 atom stereocenters. The van der Waals surface area contributed by atoms with E-state index in [0.29, 0.717) is 34.7 Å². The molecule has 9 heteroatoms. The minimum atomic E-state index is -0.291. The Labute approximate surface area is 211 Å². The minimum Gasteiger partial charge on any atom is -0.338 e. The molecule has 0 aliphatic heterocycles. The maximum atomic E-state index is 14.6. The predicted octanol–water partition coefficient (Wildman–Crippen LogP) is 6.11. The van der Waals surface area contributed by atoms with E-state index in [-0.39, 0.29) is 11.7 Å². The van der Waals surface area contributed by atoms with Gasteiger partial charge in [0.1, 0.15) is 17.2 Å². The van der Waals surface area contributed by atoms with Crippen LogP contribution in [0.3, 0.4) is 0 Å². The fourth-order valence-electron chi connectivity index (χ4n) is 4.45. The molecule has 8 nitrogen and oxygen atoms in total. The number of anilines is 1. The van der Waals surface area contributed by atoms with Crippen LogP contribution in [0.1, 0.15) is 19.8 Å². The molecule has 1 aromatic carbocycles. The average molecular weight is 492 g/mol. The van der Waals surface area contributed by atoms with Gasteiger partial charge in [-0.25, -0.2) is 9.37 Å². The van der Waals surface area contributed by atoms with Gasteiger partial charge in [0, 0.05) is 40.7 Å². The molecule has 5 aromatic heterocycles. The van der Waals surface area contributed by atoms with Crippen molar-refractivity contribution in [3.8, 4) is 33.8 Å². The summed E-state index contributed by atoms with van der Waals surface area (Å²) in [6.07, 6.45) is 7.92. The molecule has 6 aromatic rings. The van der Waals surface area contributed by atoms with E-state index in [1.54, 1.807) is 36.9 Å². The SMILES string of the molecule is CCCC(=O)Nc1cncc(-c2cc3c(-c4cc5c(-c6ccccc6F)ccnc5[nH]4)n[nH]c3cn2)c1. The van der Waals surface area contributed by atoms with Gasteiger partial charge >= 0.3 is 0 Å². The zero-order valence-corrected chi connectivity index (χ0v) is 19.9. The molecule has 6 rings (SSSR count). The molecule has 1 amide bonds. The van der Waals surface area contributed by atoms with E-state index in [9.17, 15) is 9.18 Å². The van der Waals surface area contributed by atoms with Crippen molar-refractivity contribution < 1.29 is 9.18 Å². The number of benzene rings is 1. The summed E-state index contributed by atoms with van der Waals surface area (Å²) in [5.74, 6) is -0.343. The number of nitrogens with zero attached hydrogens (tertiary/aromatic N) is 4. The minimum absolute atomic E-state index is 0.0517. The van der Waals surface area contributed by atoms with Gasteiger partial charge in [-0.3, -0.25) is 19.9 Å². The zero-order valence-electron chi connectivity index (χ0n) is 19.9. The van der Waals surface area contributed by atoms with E-state index >= 15 is 0 Å². The summed E-state index contributed by atoms with van der Waals surface area (Å²) >= 11 is 0. The van der Waals surface area contributed by atoms with Crippen LogP contribution in [0.15, 0.2) is 73.3 Å². The Morgan fingerprint density at radius 2 is 1.89 bits per heavy atom. The Morgan fingerprint density at radius 1 is 1.00 bits per heavy atom. The number of carbonyl (C=O) groups is 1. The van der Waals surface area contributed by atoms with Gasteiger partial charge in [-0.05, 0) is 42.3 Å². The van der Waals surface area contributed by atoms with Crippen molar-refractivity contribution in [3.05, 3.63) is 79.1 Å². The summed E-state index contributed by atoms with van der Waals surface area (Å²) in [5.41, 5.74) is 6.18. The molecule has 0 spiro atoms. The quantitative estimate of drug-likeness (QED) is 0.260. The second kappa shape index (κ2) is 9.27. The Morgan fingerprint density at radius 3 is 2.76 bits per heavy atom. The normalized spacial score (nSPS) is 11.3. The van der Waals surface area contributed by atoms with E-state index in [0.717, 1.165) is 39.5 Å². The third-order valence-electron chi connectivity index (χ3n) is 6.19. The highest BCUT2D eigenvalue weighted by molar-refractivity contribution is 6.00. The zero-order chi connectivity index (χ0) is 25.4. The standard InChI is InChI=1S/C28H22FN7O/c1-2-5-26(37)33-17-10-16(13-30-14-17)23-12-21-25(15-32-23)35-36-27(21)24-11-20-18(8-9-31-28(20)34-24)19-6-3-4-7-22(19)29/h3-4,6-15H,2,5H2,1H3,(H,31,34)(H,33,37)(H,35,36). The Kier molecular flexibility index (Phi) is 5.65. The highest BCUT2D eigenvalue weighted by Gasteiger charge is 2.16. The Bertz CT molecular complexity index is 1770. The third-order valence-corrected chi connectivity index (χ3v) is 6.19. The number of hydrogen-bond donors (Lipinski definition) is 3. The topological polar surface area (TPSA) is 112 Å². The van der Waals surface area contributed by atoms with Crippen LogP contribution in [0.25, 0.3) is 55.7 Å². The van der Waals surface area contributed by atoms with Gasteiger partial charge in [-0.15, -0.1) is 0 Å². The van der Waals surface area contributed by atoms with E-state index in [4.69, 9.17) is 0 Å². The number of halogens is 1. The average Bonchev–Trinajstić information content (AvgIpc) is 3.53. The molecule has 37 heavy (non-hydrogen) atoms. The van der Waals surface area contributed by atoms with Crippen molar-refractivity contribution in [1.29, 1.82) is 0 Å². The molecule has 0 aliphatic rings. The number of aromatic amines is 2. The molecular weight excluding hydrogens is 469 g/mol. The molecular formula is C28H22FN7O. The Balaban J connectivity index is 1.41. The summed E-state index contributed by atoms with van der Waals surface area (Å²) < 4.78 is 14.6. The lowest BCUT2D eigenvalue weighted by Gasteiger charge is -2.06. The number of H-pyrrole nitrogens is 2. The smallest absolute Gasteiger partial charge is 0.224 e. The molecule has 0 bridgehead atoms. The van der Waals surface area contributed by atoms with Crippen molar-refractivity contribution in [1.82, 2.24) is 30.1 Å². The van der Waals surface area contributed by atoms with Crippen LogP contribution < -0.4 is 5.32 Å². The van der Waals surface area contributed by atoms with Crippen molar-refractivity contribution in [3.63, 3.8) is 0 Å². The molecule has 0 unspecified atom stereocenters. The van der Waals surface area contributed by atoms with Crippen LogP contribution >= 0.6 is 0 Å². The number of hydrogen-bond acceptors (Lipinski definition) is 5. The molecule has 0 aliphatic carbocycles. The first-order valence-corrected chi connectivity index (χ1v) is 11.9. The van der Waals surface area contributed by atoms with Crippen LogP contribution in [0.4, 0.5) is 10.1 Å². The summed E-state index contributed by atoms with van der Waals surface area (Å²) in [4.78, 5) is 28.6. The van der Waals surface area contributed by atoms with Crippen molar-refractivity contribution >= 4 is 33.5 Å². The maximum absolute atomic E-state index is 14.6. The number of nitrogens with one attached hydrogen (secondary N) is 3. The number of pyridine rings is 3. The molecule has 182 valence electrons. The lowest BCUT2D eigenvalue weighted by atomic mass is 10.0. The van der Waals surface area contributed by atoms with Crippen molar-refractivity contribution in [2.45, 2.75) is 19.8 Å². The number of rotatable bonds is 6. The van der Waals surface area contributed by atoms with E-state index in [1.165, 1.54) is 6.07 Å². The van der Waals surface area contributed by atoms with Crippen LogP contribution in [0, 0.1) is 5.82 Å². The molecule has 0 saturated carbocycles. The largest absolute Gasteiger partial charge is 0.338 e. The van der Waals surface area contributed by atoms with Gasteiger partial charge in [0.15, 0.2) is 0 Å². The third kappa shape index (κ3) is 4.20. The molecule has 0 fully saturated rings. The lowest BCUT2D eigenvalue weighted by Crippen LogP contribution is -2.10. The van der Waals surface area contributed by atoms with Crippen molar-refractivity contribution in [2.75, 3.05) is 5.32 Å². The number of aromatic nitrogens is 6. The Hall–Kier alpha value is -4.92. The van der Waals surface area contributed by atoms with Crippen LogP contribution in [0.5, 0.6) is 0 Å². The summed E-state index contributed by atoms with van der Waals surface area (Å²) in [6.45, 7) is 1.96. The predicted molar refractivity (Wildman–Crippen MR) is 141 cm³/mol. The number of fused-ring (bicyclic) bond motifs is 2. The van der Waals surface area contributed by atoms with Gasteiger partial charge in [0.2, 0.25) is 5.91 Å². The second-order valence-corrected chi connectivity index (χ2v) is 8.73. The molecule has 0 saturated heterocycles. The second-order valence-electron chi connectivity index (χ2n) is 8.73. The van der Waals surface area contributed by atoms with E-state index in [2.05, 4.69) is 35.5 Å². The maximum Gasteiger partial charge on any atom is 0.224 e. The fraction of sp³-hybridized carbons (Fsp3) is 0.107. The summed E-state index contributed by atoms with van der Waals surface area (Å²) in [6, 6.07) is 14.2. The van der Waals surface area contributed by atoms with E-state index < -0.39 is 0 Å². The first-order valence-electron chi connectivity index (χ1n) is 11.9. The van der Waals surface area contributed by atoms with Gasteiger partial charge in [0.25, 0.3) is 0 Å². The number of carbonyl (C=O) groups excluding carboxylic acids is 1. The highest BCUT2D eigenvalue weighted by atomic mass is 19.1.